The van der Waals surface area contributed by atoms with E-state index in [1.807, 2.05) is 16.5 Å². The van der Waals surface area contributed by atoms with Crippen molar-refractivity contribution in [3.8, 4) is 0 Å². The summed E-state index contributed by atoms with van der Waals surface area (Å²) >= 11 is 4.91. The number of rotatable bonds is 3. The first-order chi connectivity index (χ1) is 10.2. The summed E-state index contributed by atoms with van der Waals surface area (Å²) in [5.41, 5.74) is 0. The number of thiazole rings is 1. The van der Waals surface area contributed by atoms with Crippen LogP contribution in [-0.2, 0) is 6.54 Å². The highest BCUT2D eigenvalue weighted by atomic mass is 79.9. The molecule has 0 aromatic carbocycles. The van der Waals surface area contributed by atoms with E-state index in [1.165, 1.54) is 0 Å². The third-order valence-electron chi connectivity index (χ3n) is 3.50. The summed E-state index contributed by atoms with van der Waals surface area (Å²) < 4.78 is 5.94. The maximum absolute atomic E-state index is 12.4. The third kappa shape index (κ3) is 3.72. The number of halogens is 1. The molecule has 2 aromatic rings. The number of aromatic nitrogens is 1. The van der Waals surface area contributed by atoms with Crippen LogP contribution >= 0.6 is 27.3 Å². The fourth-order valence-electron chi connectivity index (χ4n) is 2.44. The van der Waals surface area contributed by atoms with Crippen molar-refractivity contribution < 1.29 is 9.21 Å². The quantitative estimate of drug-likeness (QED) is 0.834. The van der Waals surface area contributed by atoms with Crippen LogP contribution in [0.4, 0.5) is 0 Å². The van der Waals surface area contributed by atoms with Gasteiger partial charge in [0.2, 0.25) is 0 Å². The van der Waals surface area contributed by atoms with Crippen molar-refractivity contribution in [3.63, 3.8) is 0 Å². The van der Waals surface area contributed by atoms with Crippen LogP contribution in [0.3, 0.4) is 0 Å². The van der Waals surface area contributed by atoms with E-state index in [2.05, 4.69) is 25.8 Å². The summed E-state index contributed by atoms with van der Waals surface area (Å²) in [7, 11) is 0. The lowest BCUT2D eigenvalue weighted by Gasteiger charge is -2.20. The molecule has 1 aliphatic rings. The molecular weight excluding hydrogens is 354 g/mol. The smallest absolute Gasteiger partial charge is 0.289 e. The van der Waals surface area contributed by atoms with Gasteiger partial charge in [-0.1, -0.05) is 0 Å². The lowest BCUT2D eigenvalue weighted by atomic mass is 10.3. The summed E-state index contributed by atoms with van der Waals surface area (Å²) in [6.07, 6.45) is 2.81. The number of hydrogen-bond acceptors (Lipinski definition) is 5. The molecule has 0 aliphatic carbocycles. The average Bonchev–Trinajstić information content (AvgIpc) is 3.07. The first kappa shape index (κ1) is 14.7. The second-order valence-electron chi connectivity index (χ2n) is 4.95. The molecule has 0 spiro atoms. The molecule has 21 heavy (non-hydrogen) atoms. The van der Waals surface area contributed by atoms with E-state index >= 15 is 0 Å². The number of amides is 1. The fraction of sp³-hybridized carbons (Fsp3) is 0.429. The maximum atomic E-state index is 12.4. The zero-order valence-electron chi connectivity index (χ0n) is 11.5. The molecule has 3 heterocycles. The number of hydrogen-bond donors (Lipinski definition) is 0. The van der Waals surface area contributed by atoms with Gasteiger partial charge in [0, 0.05) is 37.8 Å². The molecule has 0 bridgehead atoms. The summed E-state index contributed by atoms with van der Waals surface area (Å²) in [5, 5.41) is 3.13. The summed E-state index contributed by atoms with van der Waals surface area (Å²) in [4.78, 5) is 20.9. The highest BCUT2D eigenvalue weighted by Gasteiger charge is 2.22. The fourth-order valence-corrected chi connectivity index (χ4v) is 3.40. The molecule has 5 nitrogen and oxygen atoms in total. The SMILES string of the molecule is O=C(c1ccc(Br)o1)N1CCCN(Cc2nccs2)CC1. The number of carbonyl (C=O) groups excluding carboxylic acids is 1. The van der Waals surface area contributed by atoms with Crippen molar-refractivity contribution in [2.45, 2.75) is 13.0 Å². The molecule has 1 fully saturated rings. The summed E-state index contributed by atoms with van der Waals surface area (Å²) in [6, 6.07) is 3.46. The molecule has 1 aliphatic heterocycles. The van der Waals surface area contributed by atoms with Gasteiger partial charge in [0.15, 0.2) is 10.4 Å². The predicted molar refractivity (Wildman–Crippen MR) is 84.3 cm³/mol. The van der Waals surface area contributed by atoms with Gasteiger partial charge in [-0.05, 0) is 34.5 Å². The molecule has 7 heteroatoms. The topological polar surface area (TPSA) is 49.6 Å². The Morgan fingerprint density at radius 1 is 1.33 bits per heavy atom. The Morgan fingerprint density at radius 3 is 2.95 bits per heavy atom. The highest BCUT2D eigenvalue weighted by molar-refractivity contribution is 9.10. The summed E-state index contributed by atoms with van der Waals surface area (Å²) in [5.74, 6) is 0.368. The molecule has 0 N–H and O–H groups in total. The van der Waals surface area contributed by atoms with E-state index in [-0.39, 0.29) is 5.91 Å². The van der Waals surface area contributed by atoms with Gasteiger partial charge in [-0.15, -0.1) is 11.3 Å². The van der Waals surface area contributed by atoms with Crippen LogP contribution in [0.2, 0.25) is 0 Å². The van der Waals surface area contributed by atoms with Gasteiger partial charge in [0.25, 0.3) is 5.91 Å². The molecule has 2 aromatic heterocycles. The van der Waals surface area contributed by atoms with Gasteiger partial charge in [-0.2, -0.15) is 0 Å². The first-order valence-corrected chi connectivity index (χ1v) is 8.55. The maximum Gasteiger partial charge on any atom is 0.289 e. The van der Waals surface area contributed by atoms with Crippen LogP contribution in [0.5, 0.6) is 0 Å². The molecule has 1 saturated heterocycles. The third-order valence-corrected chi connectivity index (χ3v) is 4.69. The minimum Gasteiger partial charge on any atom is -0.444 e. The van der Waals surface area contributed by atoms with Gasteiger partial charge in [0.1, 0.15) is 5.01 Å². The van der Waals surface area contributed by atoms with E-state index in [1.54, 1.807) is 23.5 Å². The normalized spacial score (nSPS) is 16.9. The van der Waals surface area contributed by atoms with Gasteiger partial charge in [-0.3, -0.25) is 9.69 Å². The minimum atomic E-state index is -0.0307. The molecule has 3 rings (SSSR count). The molecule has 0 saturated carbocycles. The van der Waals surface area contributed by atoms with Crippen molar-refractivity contribution in [1.29, 1.82) is 0 Å². The molecule has 0 radical (unpaired) electrons. The van der Waals surface area contributed by atoms with Crippen molar-refractivity contribution in [2.75, 3.05) is 26.2 Å². The van der Waals surface area contributed by atoms with Gasteiger partial charge in [0.05, 0.1) is 6.54 Å². The van der Waals surface area contributed by atoms with Crippen LogP contribution in [0.25, 0.3) is 0 Å². The Morgan fingerprint density at radius 2 is 2.24 bits per heavy atom. The van der Waals surface area contributed by atoms with E-state index in [4.69, 9.17) is 4.42 Å². The van der Waals surface area contributed by atoms with Crippen molar-refractivity contribution >= 4 is 33.2 Å². The van der Waals surface area contributed by atoms with E-state index < -0.39 is 0 Å². The lowest BCUT2D eigenvalue weighted by Crippen LogP contribution is -2.34. The van der Waals surface area contributed by atoms with Gasteiger partial charge in [-0.25, -0.2) is 4.98 Å². The zero-order chi connectivity index (χ0) is 14.7. The molecular formula is C14H16BrN3O2S. The van der Waals surface area contributed by atoms with Crippen molar-refractivity contribution in [2.24, 2.45) is 0 Å². The van der Waals surface area contributed by atoms with Gasteiger partial charge < -0.3 is 9.32 Å². The van der Waals surface area contributed by atoms with E-state index in [0.717, 1.165) is 44.2 Å². The highest BCUT2D eigenvalue weighted by Crippen LogP contribution is 2.17. The minimum absolute atomic E-state index is 0.0307. The monoisotopic (exact) mass is 369 g/mol. The van der Waals surface area contributed by atoms with E-state index in [9.17, 15) is 4.79 Å². The Kier molecular flexibility index (Phi) is 4.72. The Balaban J connectivity index is 1.59. The van der Waals surface area contributed by atoms with E-state index in [0.29, 0.717) is 10.4 Å². The molecule has 0 unspecified atom stereocenters. The van der Waals surface area contributed by atoms with Crippen LogP contribution in [-0.4, -0.2) is 46.9 Å². The number of carbonyl (C=O) groups is 1. The van der Waals surface area contributed by atoms with Crippen molar-refractivity contribution in [1.82, 2.24) is 14.8 Å². The Labute approximate surface area is 135 Å². The second kappa shape index (κ2) is 6.72. The Hall–Kier alpha value is -1.18. The average molecular weight is 370 g/mol. The van der Waals surface area contributed by atoms with Crippen molar-refractivity contribution in [3.05, 3.63) is 39.1 Å². The second-order valence-corrected chi connectivity index (χ2v) is 6.71. The molecule has 0 atom stereocenters. The predicted octanol–water partition coefficient (Wildman–Crippen LogP) is 2.85. The number of nitrogens with zero attached hydrogens (tertiary/aromatic N) is 3. The Bertz CT molecular complexity index is 599. The molecule has 1 amide bonds. The van der Waals surface area contributed by atoms with Crippen LogP contribution in [0.15, 0.2) is 32.8 Å². The zero-order valence-corrected chi connectivity index (χ0v) is 13.9. The van der Waals surface area contributed by atoms with Crippen LogP contribution in [0.1, 0.15) is 22.0 Å². The van der Waals surface area contributed by atoms with Crippen LogP contribution in [0, 0.1) is 0 Å². The number of furan rings is 1. The lowest BCUT2D eigenvalue weighted by molar-refractivity contribution is 0.0728. The molecule has 112 valence electrons. The first-order valence-electron chi connectivity index (χ1n) is 6.88. The van der Waals surface area contributed by atoms with Crippen LogP contribution < -0.4 is 0 Å². The standard InChI is InChI=1S/C14H16BrN3O2S/c15-12-3-2-11(20-12)14(19)18-6-1-5-17(7-8-18)10-13-16-4-9-21-13/h2-4,9H,1,5-8,10H2. The summed E-state index contributed by atoms with van der Waals surface area (Å²) in [6.45, 7) is 4.22. The largest absolute Gasteiger partial charge is 0.444 e. The van der Waals surface area contributed by atoms with Gasteiger partial charge >= 0.3 is 0 Å².